The number of rotatable bonds is 3. The molecule has 2 aromatic carbocycles. The summed E-state index contributed by atoms with van der Waals surface area (Å²) in [5.41, 5.74) is 2.25. The van der Waals surface area contributed by atoms with Gasteiger partial charge in [-0.2, -0.15) is 10.2 Å². The molecule has 2 aliphatic rings. The molecule has 33 heavy (non-hydrogen) atoms. The van der Waals surface area contributed by atoms with E-state index in [1.54, 1.807) is 25.3 Å². The molecular formula is C27H24FN3O2. The van der Waals surface area contributed by atoms with Crippen LogP contribution in [-0.4, -0.2) is 22.9 Å². The monoisotopic (exact) mass is 441 g/mol. The number of ether oxygens (including phenoxy) is 1. The Kier molecular flexibility index (Phi) is 5.20. The first kappa shape index (κ1) is 21.3. The zero-order chi connectivity index (χ0) is 23.2. The highest BCUT2D eigenvalue weighted by molar-refractivity contribution is 5.87. The van der Waals surface area contributed by atoms with E-state index in [0.29, 0.717) is 24.3 Å². The average Bonchev–Trinajstić information content (AvgIpc) is 2.86. The first-order valence-corrected chi connectivity index (χ1v) is 11.2. The maximum Gasteiger partial charge on any atom is 0.220 e. The summed E-state index contributed by atoms with van der Waals surface area (Å²) in [4.78, 5) is 22.6. The molecule has 4 atom stereocenters. The second-order valence-electron chi connectivity index (χ2n) is 8.92. The molecule has 0 saturated heterocycles. The lowest BCUT2D eigenvalue weighted by Crippen LogP contribution is -2.53. The second kappa shape index (κ2) is 8.08. The van der Waals surface area contributed by atoms with Crippen LogP contribution in [0.4, 0.5) is 4.39 Å². The summed E-state index contributed by atoms with van der Waals surface area (Å²) >= 11 is 0. The van der Waals surface area contributed by atoms with Crippen molar-refractivity contribution in [2.24, 2.45) is 17.8 Å². The van der Waals surface area contributed by atoms with E-state index >= 15 is 0 Å². The van der Waals surface area contributed by atoms with Gasteiger partial charge < -0.3 is 4.74 Å². The Morgan fingerprint density at radius 1 is 1.12 bits per heavy atom. The summed E-state index contributed by atoms with van der Waals surface area (Å²) in [7, 11) is 1.56. The number of ketones is 1. The molecule has 1 fully saturated rings. The number of fused-ring (bicyclic) bond motifs is 3. The van der Waals surface area contributed by atoms with Crippen LogP contribution in [0.15, 0.2) is 54.6 Å². The van der Waals surface area contributed by atoms with Crippen LogP contribution in [0.2, 0.25) is 0 Å². The van der Waals surface area contributed by atoms with Gasteiger partial charge in [0.15, 0.2) is 11.6 Å². The third-order valence-corrected chi connectivity index (χ3v) is 7.40. The van der Waals surface area contributed by atoms with Crippen molar-refractivity contribution >= 4 is 5.78 Å². The highest BCUT2D eigenvalue weighted by Gasteiger charge is 2.56. The molecule has 1 saturated carbocycles. The number of hydrogen-bond donors (Lipinski definition) is 0. The van der Waals surface area contributed by atoms with Crippen LogP contribution < -0.4 is 4.74 Å². The molecule has 1 unspecified atom stereocenters. The minimum Gasteiger partial charge on any atom is -0.481 e. The standard InChI is InChI=1S/C27H24FN3O2/c1-16-21-13-12-20-24(30-25(31-26(20)33-2)19-10-6-7-11-22(19)28)27(21,14-17(15-29)23(16)32)18-8-4-3-5-9-18/h3-11,16-17,21H,12-14H2,1-2H3/t16-,17?,21-,27-/m0/s1. The van der Waals surface area contributed by atoms with Crippen molar-refractivity contribution in [3.8, 4) is 23.3 Å². The normalized spacial score (nSPS) is 26.1. The highest BCUT2D eigenvalue weighted by atomic mass is 19.1. The predicted octanol–water partition coefficient (Wildman–Crippen LogP) is 4.89. The van der Waals surface area contributed by atoms with Crippen LogP contribution in [-0.2, 0) is 16.6 Å². The largest absolute Gasteiger partial charge is 0.481 e. The fourth-order valence-corrected chi connectivity index (χ4v) is 5.89. The Bertz CT molecular complexity index is 1270. The SMILES string of the molecule is COc1nc(-c2ccccc2F)nc2c1CC[C@H]1[C@H](C)C(=O)C(C#N)C[C@@]21c1ccccc1. The maximum atomic E-state index is 14.7. The van der Waals surface area contributed by atoms with Crippen molar-refractivity contribution in [1.82, 2.24) is 9.97 Å². The number of nitriles is 1. The third kappa shape index (κ3) is 3.14. The number of carbonyl (C=O) groups is 1. The van der Waals surface area contributed by atoms with Crippen molar-refractivity contribution in [1.29, 1.82) is 5.26 Å². The molecule has 1 heterocycles. The summed E-state index contributed by atoms with van der Waals surface area (Å²) < 4.78 is 20.4. The minimum absolute atomic E-state index is 0.00662. The topological polar surface area (TPSA) is 75.9 Å². The number of halogens is 1. The van der Waals surface area contributed by atoms with Gasteiger partial charge in [-0.05, 0) is 42.9 Å². The molecule has 0 aliphatic heterocycles. The van der Waals surface area contributed by atoms with E-state index in [-0.39, 0.29) is 23.4 Å². The van der Waals surface area contributed by atoms with Gasteiger partial charge in [-0.15, -0.1) is 0 Å². The van der Waals surface area contributed by atoms with Gasteiger partial charge in [0.25, 0.3) is 0 Å². The van der Waals surface area contributed by atoms with Crippen LogP contribution in [0.1, 0.15) is 36.6 Å². The van der Waals surface area contributed by atoms with Crippen molar-refractivity contribution in [2.45, 2.75) is 31.6 Å². The minimum atomic E-state index is -0.736. The van der Waals surface area contributed by atoms with Gasteiger partial charge in [0.2, 0.25) is 5.88 Å². The van der Waals surface area contributed by atoms with Crippen LogP contribution in [0, 0.1) is 34.9 Å². The summed E-state index contributed by atoms with van der Waals surface area (Å²) in [5.74, 6) is -0.814. The van der Waals surface area contributed by atoms with Crippen LogP contribution in [0.25, 0.3) is 11.4 Å². The molecule has 166 valence electrons. The average molecular weight is 442 g/mol. The molecule has 5 rings (SSSR count). The van der Waals surface area contributed by atoms with E-state index in [4.69, 9.17) is 9.72 Å². The van der Waals surface area contributed by atoms with E-state index in [1.807, 2.05) is 37.3 Å². The Hall–Kier alpha value is -3.59. The summed E-state index contributed by atoms with van der Waals surface area (Å²) in [6.07, 6.45) is 1.75. The van der Waals surface area contributed by atoms with E-state index in [9.17, 15) is 14.4 Å². The van der Waals surface area contributed by atoms with Crippen LogP contribution in [0.5, 0.6) is 5.88 Å². The maximum absolute atomic E-state index is 14.7. The zero-order valence-corrected chi connectivity index (χ0v) is 18.6. The molecule has 0 amide bonds. The van der Waals surface area contributed by atoms with Gasteiger partial charge in [0, 0.05) is 16.9 Å². The molecule has 1 aromatic heterocycles. The number of methoxy groups -OCH3 is 1. The summed E-state index contributed by atoms with van der Waals surface area (Å²) in [5, 5.41) is 9.87. The number of benzene rings is 2. The van der Waals surface area contributed by atoms with E-state index in [1.165, 1.54) is 6.07 Å². The van der Waals surface area contributed by atoms with Gasteiger partial charge in [-0.3, -0.25) is 4.79 Å². The fourth-order valence-electron chi connectivity index (χ4n) is 5.89. The van der Waals surface area contributed by atoms with Crippen molar-refractivity contribution in [3.05, 3.63) is 77.2 Å². The lowest BCUT2D eigenvalue weighted by molar-refractivity contribution is -0.131. The van der Waals surface area contributed by atoms with Crippen LogP contribution in [0.3, 0.4) is 0 Å². The molecular weight excluding hydrogens is 417 g/mol. The lowest BCUT2D eigenvalue weighted by atomic mass is 9.51. The molecule has 5 nitrogen and oxygen atoms in total. The zero-order valence-electron chi connectivity index (χ0n) is 18.6. The highest BCUT2D eigenvalue weighted by Crippen LogP contribution is 2.56. The lowest BCUT2D eigenvalue weighted by Gasteiger charge is -2.51. The summed E-state index contributed by atoms with van der Waals surface area (Å²) in [6, 6.07) is 18.6. The van der Waals surface area contributed by atoms with Gasteiger partial charge in [0.05, 0.1) is 24.4 Å². The first-order chi connectivity index (χ1) is 16.0. The first-order valence-electron chi connectivity index (χ1n) is 11.2. The molecule has 2 aliphatic carbocycles. The van der Waals surface area contributed by atoms with E-state index in [2.05, 4.69) is 11.1 Å². The molecule has 0 radical (unpaired) electrons. The van der Waals surface area contributed by atoms with Crippen molar-refractivity contribution < 1.29 is 13.9 Å². The fraction of sp³-hybridized carbons (Fsp3) is 0.333. The Balaban J connectivity index is 1.84. The van der Waals surface area contributed by atoms with Crippen molar-refractivity contribution in [3.63, 3.8) is 0 Å². The molecule has 0 N–H and O–H groups in total. The number of hydrogen-bond acceptors (Lipinski definition) is 5. The number of nitrogens with zero attached hydrogens (tertiary/aromatic N) is 3. The van der Waals surface area contributed by atoms with E-state index < -0.39 is 17.2 Å². The smallest absolute Gasteiger partial charge is 0.220 e. The predicted molar refractivity (Wildman–Crippen MR) is 121 cm³/mol. The summed E-state index contributed by atoms with van der Waals surface area (Å²) in [6.45, 7) is 1.93. The Labute approximate surface area is 192 Å². The van der Waals surface area contributed by atoms with Crippen molar-refractivity contribution in [2.75, 3.05) is 7.11 Å². The van der Waals surface area contributed by atoms with Crippen LogP contribution >= 0.6 is 0 Å². The molecule has 6 heteroatoms. The Morgan fingerprint density at radius 2 is 1.85 bits per heavy atom. The second-order valence-corrected chi connectivity index (χ2v) is 8.92. The van der Waals surface area contributed by atoms with Gasteiger partial charge >= 0.3 is 0 Å². The van der Waals surface area contributed by atoms with Gasteiger partial charge in [0.1, 0.15) is 11.7 Å². The molecule has 0 spiro atoms. The molecule has 3 aromatic rings. The number of aromatic nitrogens is 2. The molecule has 0 bridgehead atoms. The van der Waals surface area contributed by atoms with Gasteiger partial charge in [-0.25, -0.2) is 9.37 Å². The van der Waals surface area contributed by atoms with E-state index in [0.717, 1.165) is 23.2 Å². The third-order valence-electron chi connectivity index (χ3n) is 7.40. The number of Topliss-reactive ketones (excluding diaryl/α,β-unsaturated/α-hetero) is 1. The van der Waals surface area contributed by atoms with Gasteiger partial charge in [-0.1, -0.05) is 49.4 Å². The quantitative estimate of drug-likeness (QED) is 0.579. The Morgan fingerprint density at radius 3 is 2.55 bits per heavy atom. The number of carbonyl (C=O) groups excluding carboxylic acids is 1.